The van der Waals surface area contributed by atoms with E-state index < -0.39 is 0 Å². The summed E-state index contributed by atoms with van der Waals surface area (Å²) in [4.78, 5) is 2.63. The summed E-state index contributed by atoms with van der Waals surface area (Å²) in [5.41, 5.74) is 2.89. The Morgan fingerprint density at radius 3 is 2.90 bits per heavy atom. The lowest BCUT2D eigenvalue weighted by molar-refractivity contribution is 0.168. The molecule has 110 valence electrons. The highest BCUT2D eigenvalue weighted by atomic mass is 35.5. The number of nitrogens with zero attached hydrogens (tertiary/aromatic N) is 1. The number of aryl methyl sites for hydroxylation is 1. The van der Waals surface area contributed by atoms with E-state index >= 15 is 0 Å². The molecular formula is C17H25ClN2. The monoisotopic (exact) mass is 292 g/mol. The van der Waals surface area contributed by atoms with Gasteiger partial charge < -0.3 is 5.32 Å². The Hall–Kier alpha value is -0.570. The second kappa shape index (κ2) is 6.46. The van der Waals surface area contributed by atoms with Crippen molar-refractivity contribution in [1.29, 1.82) is 0 Å². The first-order chi connectivity index (χ1) is 9.74. The van der Waals surface area contributed by atoms with Crippen LogP contribution in [-0.2, 0) is 6.42 Å². The minimum absolute atomic E-state index is 0.523. The molecule has 2 atom stereocenters. The highest BCUT2D eigenvalue weighted by molar-refractivity contribution is 6.30. The van der Waals surface area contributed by atoms with Crippen LogP contribution in [-0.4, -0.2) is 30.6 Å². The third-order valence-electron chi connectivity index (χ3n) is 4.86. The van der Waals surface area contributed by atoms with Gasteiger partial charge in [-0.05, 0) is 69.0 Å². The summed E-state index contributed by atoms with van der Waals surface area (Å²) >= 11 is 6.07. The summed E-state index contributed by atoms with van der Waals surface area (Å²) in [5.74, 6) is 0. The smallest absolute Gasteiger partial charge is 0.0408 e. The molecule has 2 unspecified atom stereocenters. The largest absolute Gasteiger partial charge is 0.308 e. The van der Waals surface area contributed by atoms with Gasteiger partial charge in [0.15, 0.2) is 0 Å². The Morgan fingerprint density at radius 2 is 2.10 bits per heavy atom. The van der Waals surface area contributed by atoms with Gasteiger partial charge in [-0.2, -0.15) is 0 Å². The van der Waals surface area contributed by atoms with Crippen LogP contribution in [0.5, 0.6) is 0 Å². The minimum atomic E-state index is 0.523. The lowest BCUT2D eigenvalue weighted by Gasteiger charge is -2.33. The summed E-state index contributed by atoms with van der Waals surface area (Å²) in [6.45, 7) is 6.00. The quantitative estimate of drug-likeness (QED) is 0.908. The maximum atomic E-state index is 6.07. The molecule has 20 heavy (non-hydrogen) atoms. The molecule has 1 aromatic carbocycles. The van der Waals surface area contributed by atoms with Crippen molar-refractivity contribution >= 4 is 11.6 Å². The van der Waals surface area contributed by atoms with E-state index in [1.54, 1.807) is 0 Å². The molecule has 1 N–H and O–H groups in total. The number of fused-ring (bicyclic) bond motifs is 1. The van der Waals surface area contributed by atoms with Crippen LogP contribution in [0.2, 0.25) is 5.02 Å². The Labute approximate surface area is 127 Å². The van der Waals surface area contributed by atoms with E-state index in [1.165, 1.54) is 49.9 Å². The standard InChI is InChI=1S/C17H25ClN2/c1-13(20-9-3-2-4-10-20)12-19-17-8-5-14-11-15(18)6-7-16(14)17/h6-7,11,13,17,19H,2-5,8-10,12H2,1H3. The molecule has 1 aliphatic heterocycles. The second-order valence-corrected chi connectivity index (χ2v) is 6.72. The van der Waals surface area contributed by atoms with Crippen LogP contribution < -0.4 is 5.32 Å². The molecule has 0 radical (unpaired) electrons. The molecular weight excluding hydrogens is 268 g/mol. The minimum Gasteiger partial charge on any atom is -0.308 e. The van der Waals surface area contributed by atoms with Crippen molar-refractivity contribution in [3.63, 3.8) is 0 Å². The second-order valence-electron chi connectivity index (χ2n) is 6.29. The molecule has 1 aromatic rings. The van der Waals surface area contributed by atoms with Crippen molar-refractivity contribution in [3.8, 4) is 0 Å². The van der Waals surface area contributed by atoms with Gasteiger partial charge in [-0.25, -0.2) is 0 Å². The number of hydrogen-bond acceptors (Lipinski definition) is 2. The number of benzene rings is 1. The van der Waals surface area contributed by atoms with E-state index in [1.807, 2.05) is 6.07 Å². The van der Waals surface area contributed by atoms with Crippen molar-refractivity contribution in [2.24, 2.45) is 0 Å². The van der Waals surface area contributed by atoms with Crippen LogP contribution in [0.4, 0.5) is 0 Å². The van der Waals surface area contributed by atoms with E-state index in [0.29, 0.717) is 12.1 Å². The zero-order chi connectivity index (χ0) is 13.9. The first kappa shape index (κ1) is 14.4. The molecule has 3 heteroatoms. The van der Waals surface area contributed by atoms with Crippen molar-refractivity contribution in [2.75, 3.05) is 19.6 Å². The predicted octanol–water partition coefficient (Wildman–Crippen LogP) is 3.79. The predicted molar refractivity (Wildman–Crippen MR) is 85.4 cm³/mol. The molecule has 1 aliphatic carbocycles. The van der Waals surface area contributed by atoms with Crippen molar-refractivity contribution in [1.82, 2.24) is 10.2 Å². The van der Waals surface area contributed by atoms with Gasteiger partial charge in [0.1, 0.15) is 0 Å². The lowest BCUT2D eigenvalue weighted by Crippen LogP contribution is -2.43. The summed E-state index contributed by atoms with van der Waals surface area (Å²) in [6.07, 6.45) is 6.52. The van der Waals surface area contributed by atoms with Crippen LogP contribution in [0.15, 0.2) is 18.2 Å². The summed E-state index contributed by atoms with van der Waals surface area (Å²) in [7, 11) is 0. The van der Waals surface area contributed by atoms with Crippen molar-refractivity contribution in [3.05, 3.63) is 34.3 Å². The Balaban J connectivity index is 1.55. The molecule has 0 amide bonds. The fourth-order valence-electron chi connectivity index (χ4n) is 3.60. The number of piperidine rings is 1. The Morgan fingerprint density at radius 1 is 1.30 bits per heavy atom. The molecule has 0 bridgehead atoms. The van der Waals surface area contributed by atoms with Gasteiger partial charge in [0, 0.05) is 23.7 Å². The maximum absolute atomic E-state index is 6.07. The number of likely N-dealkylation sites (tertiary alicyclic amines) is 1. The average Bonchev–Trinajstić information content (AvgIpc) is 2.88. The number of nitrogens with one attached hydrogen (secondary N) is 1. The average molecular weight is 293 g/mol. The molecule has 0 saturated carbocycles. The third kappa shape index (κ3) is 3.19. The molecule has 0 aromatic heterocycles. The van der Waals surface area contributed by atoms with E-state index in [4.69, 9.17) is 11.6 Å². The van der Waals surface area contributed by atoms with Gasteiger partial charge in [0.25, 0.3) is 0 Å². The molecule has 2 nitrogen and oxygen atoms in total. The first-order valence-corrected chi connectivity index (χ1v) is 8.37. The maximum Gasteiger partial charge on any atom is 0.0408 e. The number of halogens is 1. The Kier molecular flexibility index (Phi) is 4.65. The highest BCUT2D eigenvalue weighted by Gasteiger charge is 2.23. The number of hydrogen-bond donors (Lipinski definition) is 1. The topological polar surface area (TPSA) is 15.3 Å². The van der Waals surface area contributed by atoms with Crippen LogP contribution >= 0.6 is 11.6 Å². The molecule has 0 spiro atoms. The van der Waals surface area contributed by atoms with Gasteiger partial charge in [-0.3, -0.25) is 4.90 Å². The SMILES string of the molecule is CC(CNC1CCc2cc(Cl)ccc21)N1CCCCC1. The van der Waals surface area contributed by atoms with E-state index in [2.05, 4.69) is 29.3 Å². The third-order valence-corrected chi connectivity index (χ3v) is 5.09. The van der Waals surface area contributed by atoms with Crippen LogP contribution in [0.1, 0.15) is 49.8 Å². The van der Waals surface area contributed by atoms with Gasteiger partial charge in [0.05, 0.1) is 0 Å². The van der Waals surface area contributed by atoms with Crippen LogP contribution in [0.25, 0.3) is 0 Å². The number of rotatable bonds is 4. The fourth-order valence-corrected chi connectivity index (χ4v) is 3.79. The highest BCUT2D eigenvalue weighted by Crippen LogP contribution is 2.32. The van der Waals surface area contributed by atoms with Crippen molar-refractivity contribution < 1.29 is 0 Å². The molecule has 1 fully saturated rings. The van der Waals surface area contributed by atoms with Gasteiger partial charge >= 0.3 is 0 Å². The van der Waals surface area contributed by atoms with Gasteiger partial charge in [0.2, 0.25) is 0 Å². The molecule has 1 heterocycles. The zero-order valence-corrected chi connectivity index (χ0v) is 13.1. The normalized spacial score (nSPS) is 24.6. The molecule has 2 aliphatic rings. The summed E-state index contributed by atoms with van der Waals surface area (Å²) in [6, 6.07) is 7.52. The molecule has 1 saturated heterocycles. The van der Waals surface area contributed by atoms with Crippen molar-refractivity contribution in [2.45, 2.75) is 51.1 Å². The zero-order valence-electron chi connectivity index (χ0n) is 12.4. The van der Waals surface area contributed by atoms with Gasteiger partial charge in [-0.15, -0.1) is 0 Å². The van der Waals surface area contributed by atoms with Crippen LogP contribution in [0, 0.1) is 0 Å². The van der Waals surface area contributed by atoms with E-state index in [0.717, 1.165) is 18.0 Å². The fraction of sp³-hybridized carbons (Fsp3) is 0.647. The van der Waals surface area contributed by atoms with E-state index in [-0.39, 0.29) is 0 Å². The first-order valence-electron chi connectivity index (χ1n) is 8.00. The van der Waals surface area contributed by atoms with Gasteiger partial charge in [-0.1, -0.05) is 24.1 Å². The molecule has 3 rings (SSSR count). The summed E-state index contributed by atoms with van der Waals surface area (Å²) in [5, 5.41) is 4.64. The lowest BCUT2D eigenvalue weighted by atomic mass is 10.1. The van der Waals surface area contributed by atoms with E-state index in [9.17, 15) is 0 Å². The Bertz CT molecular complexity index is 454. The summed E-state index contributed by atoms with van der Waals surface area (Å²) < 4.78 is 0. The van der Waals surface area contributed by atoms with Crippen LogP contribution in [0.3, 0.4) is 0 Å².